The zero-order chi connectivity index (χ0) is 13.9. The Kier molecular flexibility index (Phi) is 3.57. The van der Waals surface area contributed by atoms with E-state index in [0.717, 1.165) is 16.0 Å². The topological polar surface area (TPSA) is 96.0 Å². The van der Waals surface area contributed by atoms with E-state index in [1.807, 2.05) is 11.4 Å². The van der Waals surface area contributed by atoms with Gasteiger partial charge in [0.2, 0.25) is 11.8 Å². The average molecular weight is 291 g/mol. The van der Waals surface area contributed by atoms with Gasteiger partial charge in [0.25, 0.3) is 0 Å². The number of nitrogens with one attached hydrogen (secondary N) is 3. The third kappa shape index (κ3) is 2.61. The van der Waals surface area contributed by atoms with E-state index >= 15 is 0 Å². The van der Waals surface area contributed by atoms with E-state index in [0.29, 0.717) is 13.1 Å². The Morgan fingerprint density at radius 3 is 3.05 bits per heavy atom. The second kappa shape index (κ2) is 5.51. The number of carbonyl (C=O) groups excluding carboxylic acids is 2. The number of aromatic nitrogens is 2. The quantitative estimate of drug-likeness (QED) is 0.534. The highest BCUT2D eigenvalue weighted by molar-refractivity contribution is 7.16. The molecule has 104 valence electrons. The fourth-order valence-corrected chi connectivity index (χ4v) is 2.81. The van der Waals surface area contributed by atoms with Crippen molar-refractivity contribution in [3.05, 3.63) is 17.8 Å². The lowest BCUT2D eigenvalue weighted by Gasteiger charge is -2.10. The third-order valence-corrected chi connectivity index (χ3v) is 3.86. The van der Waals surface area contributed by atoms with Gasteiger partial charge in [-0.2, -0.15) is 0 Å². The Morgan fingerprint density at radius 2 is 2.25 bits per heavy atom. The van der Waals surface area contributed by atoms with E-state index in [9.17, 15) is 9.59 Å². The Labute approximate surface area is 118 Å². The summed E-state index contributed by atoms with van der Waals surface area (Å²) in [4.78, 5) is 31.7. The third-order valence-electron chi connectivity index (χ3n) is 3.04. The van der Waals surface area contributed by atoms with Gasteiger partial charge in [-0.3, -0.25) is 14.9 Å². The molecule has 1 aliphatic rings. The van der Waals surface area contributed by atoms with Crippen molar-refractivity contribution in [2.45, 2.75) is 12.5 Å². The highest BCUT2D eigenvalue weighted by Crippen LogP contribution is 2.23. The highest BCUT2D eigenvalue weighted by atomic mass is 32.1. The van der Waals surface area contributed by atoms with E-state index in [4.69, 9.17) is 0 Å². The summed E-state index contributed by atoms with van der Waals surface area (Å²) in [7, 11) is 0. The number of fused-ring (bicyclic) bond motifs is 1. The fourth-order valence-electron chi connectivity index (χ4n) is 2.08. The van der Waals surface area contributed by atoms with Crippen LogP contribution in [0.2, 0.25) is 0 Å². The molecule has 2 aromatic rings. The lowest BCUT2D eigenvalue weighted by molar-refractivity contribution is -0.125. The van der Waals surface area contributed by atoms with E-state index in [2.05, 4.69) is 25.9 Å². The van der Waals surface area contributed by atoms with E-state index in [-0.39, 0.29) is 18.2 Å². The second-order valence-electron chi connectivity index (χ2n) is 4.41. The summed E-state index contributed by atoms with van der Waals surface area (Å²) in [5.74, 6) is 0.304. The highest BCUT2D eigenvalue weighted by Gasteiger charge is 2.29. The van der Waals surface area contributed by atoms with Crippen LogP contribution in [0.1, 0.15) is 6.42 Å². The van der Waals surface area contributed by atoms with Crippen molar-refractivity contribution >= 4 is 39.2 Å². The molecule has 1 aliphatic heterocycles. The van der Waals surface area contributed by atoms with Gasteiger partial charge in [0, 0.05) is 13.1 Å². The number of rotatable bonds is 5. The van der Waals surface area contributed by atoms with Crippen LogP contribution in [0.25, 0.3) is 10.2 Å². The van der Waals surface area contributed by atoms with E-state index in [1.165, 1.54) is 6.33 Å². The molecule has 0 aliphatic carbocycles. The van der Waals surface area contributed by atoms with Gasteiger partial charge in [-0.1, -0.05) is 0 Å². The summed E-state index contributed by atoms with van der Waals surface area (Å²) in [5.41, 5.74) is 0. The molecule has 1 saturated heterocycles. The molecule has 2 amide bonds. The zero-order valence-corrected chi connectivity index (χ0v) is 11.4. The lowest BCUT2D eigenvalue weighted by atomic mass is 10.2. The number of amides is 2. The predicted octanol–water partition coefficient (Wildman–Crippen LogP) is 0.108. The number of thiophene rings is 1. The monoisotopic (exact) mass is 291 g/mol. The van der Waals surface area contributed by atoms with Crippen molar-refractivity contribution in [3.8, 4) is 0 Å². The maximum Gasteiger partial charge on any atom is 0.244 e. The Hall–Kier alpha value is -2.06. The van der Waals surface area contributed by atoms with Crippen molar-refractivity contribution in [3.63, 3.8) is 0 Å². The Bertz CT molecular complexity index is 656. The molecule has 1 unspecified atom stereocenters. The normalized spacial score (nSPS) is 18.5. The molecule has 8 heteroatoms. The predicted molar refractivity (Wildman–Crippen MR) is 75.5 cm³/mol. The zero-order valence-electron chi connectivity index (χ0n) is 10.5. The number of anilines is 1. The van der Waals surface area contributed by atoms with Crippen LogP contribution >= 0.6 is 11.3 Å². The van der Waals surface area contributed by atoms with Gasteiger partial charge in [0.15, 0.2) is 0 Å². The number of imide groups is 1. The van der Waals surface area contributed by atoms with Crippen LogP contribution in [0.5, 0.6) is 0 Å². The molecule has 0 bridgehead atoms. The van der Waals surface area contributed by atoms with Gasteiger partial charge < -0.3 is 10.6 Å². The van der Waals surface area contributed by atoms with Gasteiger partial charge in [0.05, 0.1) is 17.8 Å². The molecule has 20 heavy (non-hydrogen) atoms. The fraction of sp³-hybridized carbons (Fsp3) is 0.333. The number of nitrogens with zero attached hydrogens (tertiary/aromatic N) is 2. The van der Waals surface area contributed by atoms with Gasteiger partial charge >= 0.3 is 0 Å². The van der Waals surface area contributed by atoms with Crippen LogP contribution in [-0.2, 0) is 9.59 Å². The van der Waals surface area contributed by atoms with Crippen LogP contribution in [0, 0.1) is 0 Å². The number of hydrogen-bond acceptors (Lipinski definition) is 7. The molecular weight excluding hydrogens is 278 g/mol. The summed E-state index contributed by atoms with van der Waals surface area (Å²) in [6, 6.07) is 1.55. The molecule has 0 spiro atoms. The summed E-state index contributed by atoms with van der Waals surface area (Å²) in [6.07, 6.45) is 1.73. The largest absolute Gasteiger partial charge is 0.368 e. The summed E-state index contributed by atoms with van der Waals surface area (Å²) in [5, 5.41) is 11.5. The smallest absolute Gasteiger partial charge is 0.244 e. The molecule has 3 heterocycles. The van der Waals surface area contributed by atoms with Crippen molar-refractivity contribution < 1.29 is 9.59 Å². The molecule has 0 saturated carbocycles. The number of hydrogen-bond donors (Lipinski definition) is 3. The lowest BCUT2D eigenvalue weighted by Crippen LogP contribution is -2.38. The number of carbonyl (C=O) groups is 2. The van der Waals surface area contributed by atoms with Crippen LogP contribution in [0.15, 0.2) is 17.8 Å². The van der Waals surface area contributed by atoms with Crippen molar-refractivity contribution in [1.82, 2.24) is 20.6 Å². The summed E-state index contributed by atoms with van der Waals surface area (Å²) in [6.45, 7) is 1.18. The van der Waals surface area contributed by atoms with Gasteiger partial charge in [-0.25, -0.2) is 9.97 Å². The minimum absolute atomic E-state index is 0.209. The first-order valence-corrected chi connectivity index (χ1v) is 7.11. The first kappa shape index (κ1) is 12.9. The maximum absolute atomic E-state index is 11.4. The molecule has 3 rings (SSSR count). The standard InChI is InChI=1S/C12H13N5O2S/c18-9-5-8(11(19)17-9)13-2-3-14-10-7-1-4-20-12(7)16-6-15-10/h1,4,6,8,13H,2-3,5H2,(H,14,15,16)(H,17,18,19). The minimum Gasteiger partial charge on any atom is -0.368 e. The first-order valence-electron chi connectivity index (χ1n) is 6.23. The van der Waals surface area contributed by atoms with Crippen LogP contribution in [0.3, 0.4) is 0 Å². The average Bonchev–Trinajstić information content (AvgIpc) is 3.01. The summed E-state index contributed by atoms with van der Waals surface area (Å²) >= 11 is 1.56. The molecule has 1 atom stereocenters. The molecule has 1 fully saturated rings. The Balaban J connectivity index is 1.52. The van der Waals surface area contributed by atoms with Gasteiger partial charge in [-0.05, 0) is 11.4 Å². The SMILES string of the molecule is O=C1CC(NCCNc2ncnc3sccc23)C(=O)N1. The van der Waals surface area contributed by atoms with Crippen LogP contribution in [-0.4, -0.2) is 40.9 Å². The Morgan fingerprint density at radius 1 is 1.35 bits per heavy atom. The van der Waals surface area contributed by atoms with Gasteiger partial charge in [-0.15, -0.1) is 11.3 Å². The van der Waals surface area contributed by atoms with Crippen molar-refractivity contribution in [1.29, 1.82) is 0 Å². The van der Waals surface area contributed by atoms with Crippen molar-refractivity contribution in [2.24, 2.45) is 0 Å². The molecule has 7 nitrogen and oxygen atoms in total. The van der Waals surface area contributed by atoms with Gasteiger partial charge in [0.1, 0.15) is 17.0 Å². The molecule has 0 radical (unpaired) electrons. The molecule has 2 aromatic heterocycles. The molecule has 0 aromatic carbocycles. The van der Waals surface area contributed by atoms with Crippen LogP contribution in [0.4, 0.5) is 5.82 Å². The first-order chi connectivity index (χ1) is 9.74. The molecular formula is C12H13N5O2S. The van der Waals surface area contributed by atoms with Crippen molar-refractivity contribution in [2.75, 3.05) is 18.4 Å². The molecule has 3 N–H and O–H groups in total. The van der Waals surface area contributed by atoms with E-state index < -0.39 is 6.04 Å². The summed E-state index contributed by atoms with van der Waals surface area (Å²) < 4.78 is 0. The van der Waals surface area contributed by atoms with E-state index in [1.54, 1.807) is 11.3 Å². The maximum atomic E-state index is 11.4. The van der Waals surface area contributed by atoms with Crippen LogP contribution < -0.4 is 16.0 Å². The second-order valence-corrected chi connectivity index (χ2v) is 5.31. The minimum atomic E-state index is -0.420.